The van der Waals surface area contributed by atoms with Crippen LogP contribution in [-0.4, -0.2) is 64.5 Å². The first-order valence-corrected chi connectivity index (χ1v) is 12.8. The van der Waals surface area contributed by atoms with Gasteiger partial charge in [0.2, 0.25) is 5.91 Å². The van der Waals surface area contributed by atoms with Gasteiger partial charge in [-0.3, -0.25) is 9.59 Å². The fourth-order valence-corrected chi connectivity index (χ4v) is 5.35. The molecule has 2 saturated heterocycles. The lowest BCUT2D eigenvalue weighted by Gasteiger charge is -2.32. The summed E-state index contributed by atoms with van der Waals surface area (Å²) in [7, 11) is 1.66. The van der Waals surface area contributed by atoms with E-state index in [0.29, 0.717) is 17.9 Å². The molecule has 1 aromatic carbocycles. The number of hydrogen-bond acceptors (Lipinski definition) is 4. The molecule has 2 amide bonds. The monoisotopic (exact) mass is 474 g/mol. The predicted octanol–water partition coefficient (Wildman–Crippen LogP) is 4.31. The molecule has 2 fully saturated rings. The van der Waals surface area contributed by atoms with Gasteiger partial charge >= 0.3 is 0 Å². The molecule has 4 heterocycles. The van der Waals surface area contributed by atoms with Crippen molar-refractivity contribution in [2.24, 2.45) is 0 Å². The van der Waals surface area contributed by atoms with E-state index in [0.717, 1.165) is 75.1 Å². The SMILES string of the molecule is COc1ccc(CCC(=O)N2CCC(c3ccn4ncc(C(=O)N5CCCCC5)c4c3)CC2)cc1. The molecular weight excluding hydrogens is 440 g/mol. The molecule has 7 heteroatoms. The molecule has 2 aliphatic heterocycles. The average Bonchev–Trinajstić information content (AvgIpc) is 3.35. The van der Waals surface area contributed by atoms with E-state index in [9.17, 15) is 9.59 Å². The van der Waals surface area contributed by atoms with Crippen LogP contribution in [0.25, 0.3) is 5.52 Å². The summed E-state index contributed by atoms with van der Waals surface area (Å²) in [4.78, 5) is 29.9. The zero-order valence-corrected chi connectivity index (χ0v) is 20.5. The number of carbonyl (C=O) groups is 2. The second kappa shape index (κ2) is 10.5. The third kappa shape index (κ3) is 5.19. The zero-order valence-electron chi connectivity index (χ0n) is 20.5. The summed E-state index contributed by atoms with van der Waals surface area (Å²) in [6.07, 6.45) is 10.2. The third-order valence-electron chi connectivity index (χ3n) is 7.52. The van der Waals surface area contributed by atoms with Gasteiger partial charge in [-0.05, 0) is 79.8 Å². The molecule has 5 rings (SSSR count). The summed E-state index contributed by atoms with van der Waals surface area (Å²) < 4.78 is 7.01. The Labute approximate surface area is 206 Å². The van der Waals surface area contributed by atoms with Gasteiger partial charge in [-0.1, -0.05) is 12.1 Å². The van der Waals surface area contributed by atoms with E-state index in [4.69, 9.17) is 4.74 Å². The van der Waals surface area contributed by atoms with E-state index in [1.54, 1.807) is 17.8 Å². The van der Waals surface area contributed by atoms with Crippen LogP contribution < -0.4 is 4.74 Å². The number of rotatable bonds is 6. The van der Waals surface area contributed by atoms with Crippen LogP contribution in [0.1, 0.15) is 65.9 Å². The molecule has 0 radical (unpaired) electrons. The Kier molecular flexibility index (Phi) is 7.02. The first-order valence-electron chi connectivity index (χ1n) is 12.8. The molecule has 7 nitrogen and oxygen atoms in total. The fourth-order valence-electron chi connectivity index (χ4n) is 5.35. The fraction of sp³-hybridized carbons (Fsp3) is 0.464. The predicted molar refractivity (Wildman–Crippen MR) is 135 cm³/mol. The molecule has 3 aromatic rings. The number of aryl methyl sites for hydroxylation is 1. The molecule has 0 spiro atoms. The lowest BCUT2D eigenvalue weighted by Crippen LogP contribution is -2.38. The van der Waals surface area contributed by atoms with E-state index < -0.39 is 0 Å². The molecule has 0 N–H and O–H groups in total. The van der Waals surface area contributed by atoms with E-state index in [-0.39, 0.29) is 11.8 Å². The van der Waals surface area contributed by atoms with Crippen LogP contribution in [0.15, 0.2) is 48.8 Å². The summed E-state index contributed by atoms with van der Waals surface area (Å²) >= 11 is 0. The summed E-state index contributed by atoms with van der Waals surface area (Å²) in [6.45, 7) is 3.22. The molecule has 0 saturated carbocycles. The standard InChI is InChI=1S/C28H34N4O3/c1-35-24-8-5-21(6-9-24)7-10-27(33)30-16-11-22(12-17-30)23-13-18-32-26(19-23)25(20-29-32)28(34)31-14-3-2-4-15-31/h5-6,8-9,13,18-20,22H,2-4,7,10-12,14-17H2,1H3. The lowest BCUT2D eigenvalue weighted by molar-refractivity contribution is -0.132. The Balaban J connectivity index is 1.19. The van der Waals surface area contributed by atoms with Gasteiger partial charge in [0.25, 0.3) is 5.91 Å². The van der Waals surface area contributed by atoms with Crippen molar-refractivity contribution in [3.05, 3.63) is 65.5 Å². The smallest absolute Gasteiger partial charge is 0.257 e. The zero-order chi connectivity index (χ0) is 24.2. The minimum Gasteiger partial charge on any atom is -0.497 e. The highest BCUT2D eigenvalue weighted by Gasteiger charge is 2.26. The van der Waals surface area contributed by atoms with Crippen molar-refractivity contribution in [1.29, 1.82) is 0 Å². The highest BCUT2D eigenvalue weighted by molar-refractivity contribution is 6.00. The van der Waals surface area contributed by atoms with Crippen molar-refractivity contribution < 1.29 is 14.3 Å². The summed E-state index contributed by atoms with van der Waals surface area (Å²) in [6, 6.07) is 12.2. The number of pyridine rings is 1. The van der Waals surface area contributed by atoms with Crippen molar-refractivity contribution in [2.45, 2.75) is 50.9 Å². The third-order valence-corrected chi connectivity index (χ3v) is 7.52. The minimum absolute atomic E-state index is 0.0918. The maximum atomic E-state index is 13.1. The number of hydrogen-bond donors (Lipinski definition) is 0. The quantitative estimate of drug-likeness (QED) is 0.534. The Morgan fingerprint density at radius 1 is 0.971 bits per heavy atom. The van der Waals surface area contributed by atoms with Gasteiger partial charge in [-0.2, -0.15) is 5.10 Å². The first-order chi connectivity index (χ1) is 17.1. The van der Waals surface area contributed by atoms with Gasteiger partial charge in [0.1, 0.15) is 5.75 Å². The number of likely N-dealkylation sites (tertiary alicyclic amines) is 2. The van der Waals surface area contributed by atoms with Crippen LogP contribution in [0.3, 0.4) is 0 Å². The molecule has 184 valence electrons. The maximum Gasteiger partial charge on any atom is 0.257 e. The number of piperidine rings is 2. The van der Waals surface area contributed by atoms with Crippen LogP contribution in [0.5, 0.6) is 5.75 Å². The largest absolute Gasteiger partial charge is 0.497 e. The van der Waals surface area contributed by atoms with Crippen LogP contribution in [0.2, 0.25) is 0 Å². The van der Waals surface area contributed by atoms with Crippen molar-refractivity contribution in [3.8, 4) is 5.75 Å². The average molecular weight is 475 g/mol. The summed E-state index contributed by atoms with van der Waals surface area (Å²) in [5, 5.41) is 4.42. The molecule has 0 unspecified atom stereocenters. The van der Waals surface area contributed by atoms with Gasteiger partial charge in [-0.15, -0.1) is 0 Å². The van der Waals surface area contributed by atoms with Crippen LogP contribution in [-0.2, 0) is 11.2 Å². The van der Waals surface area contributed by atoms with Crippen molar-refractivity contribution in [3.63, 3.8) is 0 Å². The van der Waals surface area contributed by atoms with Crippen molar-refractivity contribution >= 4 is 17.3 Å². The van der Waals surface area contributed by atoms with Crippen LogP contribution in [0.4, 0.5) is 0 Å². The van der Waals surface area contributed by atoms with E-state index in [1.165, 1.54) is 12.0 Å². The van der Waals surface area contributed by atoms with E-state index >= 15 is 0 Å². The van der Waals surface area contributed by atoms with Crippen LogP contribution >= 0.6 is 0 Å². The van der Waals surface area contributed by atoms with Crippen molar-refractivity contribution in [2.75, 3.05) is 33.3 Å². The molecule has 0 aliphatic carbocycles. The summed E-state index contributed by atoms with van der Waals surface area (Å²) in [5.41, 5.74) is 3.96. The Hall–Kier alpha value is -3.35. The molecule has 35 heavy (non-hydrogen) atoms. The highest BCUT2D eigenvalue weighted by atomic mass is 16.5. The van der Waals surface area contributed by atoms with Gasteiger partial charge < -0.3 is 14.5 Å². The number of methoxy groups -OCH3 is 1. The Morgan fingerprint density at radius 2 is 1.71 bits per heavy atom. The van der Waals surface area contributed by atoms with Gasteiger partial charge in [0, 0.05) is 38.8 Å². The van der Waals surface area contributed by atoms with Gasteiger partial charge in [-0.25, -0.2) is 4.52 Å². The number of benzene rings is 1. The lowest BCUT2D eigenvalue weighted by atomic mass is 9.89. The van der Waals surface area contributed by atoms with E-state index in [2.05, 4.69) is 17.2 Å². The molecular formula is C28H34N4O3. The summed E-state index contributed by atoms with van der Waals surface area (Å²) in [5.74, 6) is 1.53. The molecule has 2 aliphatic rings. The first kappa shape index (κ1) is 23.4. The van der Waals surface area contributed by atoms with Gasteiger partial charge in [0.05, 0.1) is 24.4 Å². The number of ether oxygens (including phenoxy) is 1. The highest BCUT2D eigenvalue weighted by Crippen LogP contribution is 2.30. The number of aromatic nitrogens is 2. The second-order valence-corrected chi connectivity index (χ2v) is 9.70. The Bertz CT molecular complexity index is 1170. The van der Waals surface area contributed by atoms with Gasteiger partial charge in [0.15, 0.2) is 0 Å². The van der Waals surface area contributed by atoms with Crippen LogP contribution in [0, 0.1) is 0 Å². The molecule has 0 bridgehead atoms. The number of nitrogens with zero attached hydrogens (tertiary/aromatic N) is 4. The number of carbonyl (C=O) groups excluding carboxylic acids is 2. The maximum absolute atomic E-state index is 13.1. The normalized spacial score (nSPS) is 17.1. The Morgan fingerprint density at radius 3 is 2.43 bits per heavy atom. The second-order valence-electron chi connectivity index (χ2n) is 9.70. The number of fused-ring (bicyclic) bond motifs is 1. The molecule has 2 aromatic heterocycles. The molecule has 0 atom stereocenters. The minimum atomic E-state index is 0.0918. The van der Waals surface area contributed by atoms with E-state index in [1.807, 2.05) is 40.3 Å². The topological polar surface area (TPSA) is 67.2 Å². The van der Waals surface area contributed by atoms with Crippen molar-refractivity contribution in [1.82, 2.24) is 19.4 Å². The number of amides is 2.